The Kier molecular flexibility index (Phi) is 6.40. The van der Waals surface area contributed by atoms with Crippen LogP contribution in [0.3, 0.4) is 0 Å². The van der Waals surface area contributed by atoms with Crippen molar-refractivity contribution < 1.29 is 0 Å². The molecule has 1 aromatic rings. The Morgan fingerprint density at radius 1 is 1.32 bits per heavy atom. The molecule has 108 valence electrons. The Balaban J connectivity index is 3.17. The van der Waals surface area contributed by atoms with Crippen LogP contribution in [0.4, 0.5) is 5.82 Å². The monoisotopic (exact) mass is 301 g/mol. The van der Waals surface area contributed by atoms with Crippen molar-refractivity contribution in [2.45, 2.75) is 46.1 Å². The van der Waals surface area contributed by atoms with Gasteiger partial charge in [-0.3, -0.25) is 0 Å². The second-order valence-electron chi connectivity index (χ2n) is 5.10. The van der Waals surface area contributed by atoms with Gasteiger partial charge in [0.1, 0.15) is 16.8 Å². The van der Waals surface area contributed by atoms with E-state index in [1.54, 1.807) is 0 Å². The van der Waals surface area contributed by atoms with Crippen molar-refractivity contribution in [2.75, 3.05) is 24.0 Å². The summed E-state index contributed by atoms with van der Waals surface area (Å²) in [4.78, 5) is 11.3. The SMILES string of the molecule is CCC(CSC)N(C)c1nc(C(C)C)nc(Cl)c1C. The third-order valence-corrected chi connectivity index (χ3v) is 4.39. The standard InChI is InChI=1S/C14H24ClN3S/c1-7-11(8-19-6)18(5)14-10(4)12(15)16-13(17-14)9(2)3/h9,11H,7-8H2,1-6H3. The van der Waals surface area contributed by atoms with Gasteiger partial charge in [-0.25, -0.2) is 9.97 Å². The van der Waals surface area contributed by atoms with E-state index in [1.807, 2.05) is 18.7 Å². The van der Waals surface area contributed by atoms with E-state index in [1.165, 1.54) is 0 Å². The molecule has 0 spiro atoms. The van der Waals surface area contributed by atoms with E-state index in [4.69, 9.17) is 16.6 Å². The number of halogens is 1. The zero-order chi connectivity index (χ0) is 14.6. The van der Waals surface area contributed by atoms with Crippen LogP contribution >= 0.6 is 23.4 Å². The maximum Gasteiger partial charge on any atom is 0.137 e. The number of hydrogen-bond donors (Lipinski definition) is 0. The van der Waals surface area contributed by atoms with Gasteiger partial charge >= 0.3 is 0 Å². The molecule has 1 atom stereocenters. The van der Waals surface area contributed by atoms with Gasteiger partial charge in [0.05, 0.1) is 0 Å². The zero-order valence-electron chi connectivity index (χ0n) is 12.7. The van der Waals surface area contributed by atoms with Crippen LogP contribution in [0.5, 0.6) is 0 Å². The Bertz CT molecular complexity index is 423. The van der Waals surface area contributed by atoms with E-state index in [0.717, 1.165) is 29.4 Å². The fourth-order valence-electron chi connectivity index (χ4n) is 1.96. The maximum absolute atomic E-state index is 6.25. The van der Waals surface area contributed by atoms with Crippen molar-refractivity contribution in [3.63, 3.8) is 0 Å². The topological polar surface area (TPSA) is 29.0 Å². The van der Waals surface area contributed by atoms with E-state index in [9.17, 15) is 0 Å². The van der Waals surface area contributed by atoms with Gasteiger partial charge in [-0.05, 0) is 19.6 Å². The van der Waals surface area contributed by atoms with Crippen LogP contribution in [0.2, 0.25) is 5.15 Å². The minimum atomic E-state index is 0.283. The molecule has 0 amide bonds. The molecule has 1 rings (SSSR count). The minimum absolute atomic E-state index is 0.283. The van der Waals surface area contributed by atoms with Crippen molar-refractivity contribution in [1.29, 1.82) is 0 Å². The van der Waals surface area contributed by atoms with Gasteiger partial charge in [-0.2, -0.15) is 11.8 Å². The van der Waals surface area contributed by atoms with E-state index in [2.05, 4.69) is 44.0 Å². The molecule has 0 aliphatic carbocycles. The first kappa shape index (κ1) is 16.6. The van der Waals surface area contributed by atoms with Gasteiger partial charge in [0.25, 0.3) is 0 Å². The largest absolute Gasteiger partial charge is 0.356 e. The molecule has 19 heavy (non-hydrogen) atoms. The Morgan fingerprint density at radius 3 is 2.42 bits per heavy atom. The number of aromatic nitrogens is 2. The Hall–Kier alpha value is -0.480. The van der Waals surface area contributed by atoms with Crippen LogP contribution in [0, 0.1) is 6.92 Å². The third kappa shape index (κ3) is 3.99. The first-order chi connectivity index (χ1) is 8.92. The van der Waals surface area contributed by atoms with Crippen LogP contribution in [0.15, 0.2) is 0 Å². The summed E-state index contributed by atoms with van der Waals surface area (Å²) in [5, 5.41) is 0.569. The van der Waals surface area contributed by atoms with Crippen LogP contribution < -0.4 is 4.90 Å². The fraction of sp³-hybridized carbons (Fsp3) is 0.714. The van der Waals surface area contributed by atoms with Crippen LogP contribution in [-0.2, 0) is 0 Å². The van der Waals surface area contributed by atoms with Crippen LogP contribution in [0.25, 0.3) is 0 Å². The average Bonchev–Trinajstić information content (AvgIpc) is 2.37. The lowest BCUT2D eigenvalue weighted by molar-refractivity contribution is 0.656. The molecule has 1 heterocycles. The molecule has 0 aliphatic rings. The van der Waals surface area contributed by atoms with Gasteiger partial charge in [0.2, 0.25) is 0 Å². The minimum Gasteiger partial charge on any atom is -0.356 e. The van der Waals surface area contributed by atoms with E-state index in [0.29, 0.717) is 11.2 Å². The zero-order valence-corrected chi connectivity index (χ0v) is 14.3. The van der Waals surface area contributed by atoms with Gasteiger partial charge in [0.15, 0.2) is 0 Å². The smallest absolute Gasteiger partial charge is 0.137 e. The van der Waals surface area contributed by atoms with Crippen molar-refractivity contribution in [2.24, 2.45) is 0 Å². The number of nitrogens with zero attached hydrogens (tertiary/aromatic N) is 3. The summed E-state index contributed by atoms with van der Waals surface area (Å²) in [5.41, 5.74) is 0.966. The van der Waals surface area contributed by atoms with Crippen LogP contribution in [-0.4, -0.2) is 35.1 Å². The Labute approximate surface area is 126 Å². The molecular formula is C14H24ClN3S. The summed E-state index contributed by atoms with van der Waals surface area (Å²) in [6.45, 7) is 8.37. The average molecular weight is 302 g/mol. The molecule has 0 aliphatic heterocycles. The summed E-state index contributed by atoms with van der Waals surface area (Å²) in [7, 11) is 2.10. The highest BCUT2D eigenvalue weighted by atomic mass is 35.5. The summed E-state index contributed by atoms with van der Waals surface area (Å²) in [6.07, 6.45) is 3.23. The first-order valence-electron chi connectivity index (χ1n) is 6.68. The highest BCUT2D eigenvalue weighted by Crippen LogP contribution is 2.27. The van der Waals surface area contributed by atoms with E-state index < -0.39 is 0 Å². The number of thioether (sulfide) groups is 1. The Morgan fingerprint density at radius 2 is 1.95 bits per heavy atom. The molecule has 0 saturated heterocycles. The van der Waals surface area contributed by atoms with Crippen LogP contribution in [0.1, 0.15) is 44.5 Å². The highest BCUT2D eigenvalue weighted by molar-refractivity contribution is 7.98. The number of rotatable bonds is 6. The molecule has 3 nitrogen and oxygen atoms in total. The summed E-state index contributed by atoms with van der Waals surface area (Å²) in [6, 6.07) is 0.472. The fourth-order valence-corrected chi connectivity index (χ4v) is 2.98. The highest BCUT2D eigenvalue weighted by Gasteiger charge is 2.19. The molecule has 0 bridgehead atoms. The molecular weight excluding hydrogens is 278 g/mol. The van der Waals surface area contributed by atoms with Crippen molar-refractivity contribution in [1.82, 2.24) is 9.97 Å². The normalized spacial score (nSPS) is 12.8. The van der Waals surface area contributed by atoms with Crippen molar-refractivity contribution in [3.05, 3.63) is 16.5 Å². The summed E-state index contributed by atoms with van der Waals surface area (Å²) < 4.78 is 0. The lowest BCUT2D eigenvalue weighted by atomic mass is 10.2. The molecule has 5 heteroatoms. The molecule has 0 radical (unpaired) electrons. The molecule has 0 fully saturated rings. The molecule has 0 aromatic carbocycles. The number of anilines is 1. The predicted molar refractivity (Wildman–Crippen MR) is 86.7 cm³/mol. The van der Waals surface area contributed by atoms with Crippen molar-refractivity contribution in [3.8, 4) is 0 Å². The molecule has 0 saturated carbocycles. The van der Waals surface area contributed by atoms with Gasteiger partial charge in [0, 0.05) is 30.3 Å². The quantitative estimate of drug-likeness (QED) is 0.739. The summed E-state index contributed by atoms with van der Waals surface area (Å²) >= 11 is 8.11. The van der Waals surface area contributed by atoms with E-state index in [-0.39, 0.29) is 5.92 Å². The number of hydrogen-bond acceptors (Lipinski definition) is 4. The third-order valence-electron chi connectivity index (χ3n) is 3.31. The van der Waals surface area contributed by atoms with Gasteiger partial charge in [-0.15, -0.1) is 0 Å². The lowest BCUT2D eigenvalue weighted by Gasteiger charge is -2.29. The van der Waals surface area contributed by atoms with E-state index >= 15 is 0 Å². The second kappa shape index (κ2) is 7.34. The molecule has 0 N–H and O–H groups in total. The summed E-state index contributed by atoms with van der Waals surface area (Å²) in [5.74, 6) is 3.15. The van der Waals surface area contributed by atoms with Gasteiger partial charge in [-0.1, -0.05) is 32.4 Å². The second-order valence-corrected chi connectivity index (χ2v) is 6.37. The van der Waals surface area contributed by atoms with Gasteiger partial charge < -0.3 is 4.90 Å². The predicted octanol–water partition coefficient (Wildman–Crippen LogP) is 4.14. The molecule has 1 aromatic heterocycles. The van der Waals surface area contributed by atoms with Crippen molar-refractivity contribution >= 4 is 29.2 Å². The first-order valence-corrected chi connectivity index (χ1v) is 8.45. The maximum atomic E-state index is 6.25. The lowest BCUT2D eigenvalue weighted by Crippen LogP contribution is -2.34. The molecule has 1 unspecified atom stereocenters.